The molecule has 170 valence electrons. The highest BCUT2D eigenvalue weighted by Gasteiger charge is 2.48. The van der Waals surface area contributed by atoms with Crippen LogP contribution in [0.25, 0.3) is 16.0 Å². The molecule has 6 nitrogen and oxygen atoms in total. The van der Waals surface area contributed by atoms with Gasteiger partial charge in [-0.25, -0.2) is 4.98 Å². The number of fused-ring (bicyclic) bond motifs is 2. The van der Waals surface area contributed by atoms with Crippen molar-refractivity contribution in [2.45, 2.75) is 25.5 Å². The first-order chi connectivity index (χ1) is 16.4. The molecule has 2 aliphatic rings. The van der Waals surface area contributed by atoms with E-state index in [0.717, 1.165) is 20.9 Å². The minimum Gasteiger partial charge on any atom is -0.507 e. The van der Waals surface area contributed by atoms with Gasteiger partial charge < -0.3 is 9.84 Å². The minimum absolute atomic E-state index is 0.0524. The Bertz CT molecular complexity index is 1510. The van der Waals surface area contributed by atoms with E-state index < -0.39 is 17.7 Å². The van der Waals surface area contributed by atoms with Crippen molar-refractivity contribution in [3.8, 4) is 5.75 Å². The molecule has 9 heteroatoms. The Morgan fingerprint density at radius 1 is 1.21 bits per heavy atom. The number of carbonyl (C=O) groups excluding carboxylic acids is 2. The van der Waals surface area contributed by atoms with Crippen molar-refractivity contribution in [1.29, 1.82) is 0 Å². The molecule has 0 bridgehead atoms. The summed E-state index contributed by atoms with van der Waals surface area (Å²) in [4.78, 5) is 33.3. The molecule has 2 aromatic carbocycles. The van der Waals surface area contributed by atoms with Crippen LogP contribution >= 0.6 is 34.3 Å². The number of thiazole rings is 1. The van der Waals surface area contributed by atoms with Crippen LogP contribution in [0.2, 0.25) is 5.02 Å². The van der Waals surface area contributed by atoms with Crippen LogP contribution in [-0.4, -0.2) is 27.9 Å². The molecule has 0 radical (unpaired) electrons. The lowest BCUT2D eigenvalue weighted by Crippen LogP contribution is -2.28. The topological polar surface area (TPSA) is 79.7 Å². The van der Waals surface area contributed by atoms with Gasteiger partial charge in [-0.05, 0) is 60.3 Å². The summed E-state index contributed by atoms with van der Waals surface area (Å²) in [5.41, 5.74) is 2.18. The number of benzene rings is 2. The number of halogens is 1. The van der Waals surface area contributed by atoms with E-state index in [9.17, 15) is 14.7 Å². The molecule has 0 saturated carbocycles. The van der Waals surface area contributed by atoms with Gasteiger partial charge in [-0.15, -0.1) is 11.3 Å². The quantitative estimate of drug-likeness (QED) is 0.210. The highest BCUT2D eigenvalue weighted by atomic mass is 35.5. The summed E-state index contributed by atoms with van der Waals surface area (Å²) in [7, 11) is 0. The van der Waals surface area contributed by atoms with E-state index in [1.54, 1.807) is 30.3 Å². The maximum absolute atomic E-state index is 13.3. The molecule has 1 saturated heterocycles. The number of Topliss-reactive ketones (excluding diaryl/α,β-unsaturated/α-hetero) is 1. The second-order valence-corrected chi connectivity index (χ2v) is 10.7. The van der Waals surface area contributed by atoms with Gasteiger partial charge in [0.2, 0.25) is 0 Å². The average molecular weight is 509 g/mol. The molecule has 4 aromatic rings. The molecule has 1 amide bonds. The van der Waals surface area contributed by atoms with Crippen molar-refractivity contribution in [1.82, 2.24) is 4.98 Å². The molecule has 4 heterocycles. The summed E-state index contributed by atoms with van der Waals surface area (Å²) in [5, 5.41) is 14.1. The first-order valence-electron chi connectivity index (χ1n) is 10.6. The molecule has 34 heavy (non-hydrogen) atoms. The number of aromatic nitrogens is 1. The lowest BCUT2D eigenvalue weighted by atomic mass is 9.98. The number of aliphatic hydroxyl groups excluding tert-OH is 1. The van der Waals surface area contributed by atoms with E-state index in [0.29, 0.717) is 27.7 Å². The number of nitrogens with zero attached hydrogens (tertiary/aromatic N) is 2. The van der Waals surface area contributed by atoms with Gasteiger partial charge in [0.25, 0.3) is 5.78 Å². The summed E-state index contributed by atoms with van der Waals surface area (Å²) in [6, 6.07) is 13.6. The zero-order valence-electron chi connectivity index (χ0n) is 17.8. The summed E-state index contributed by atoms with van der Waals surface area (Å²) in [5.74, 6) is -0.889. The predicted molar refractivity (Wildman–Crippen MR) is 134 cm³/mol. The van der Waals surface area contributed by atoms with Crippen LogP contribution < -0.4 is 9.64 Å². The van der Waals surface area contributed by atoms with Gasteiger partial charge in [0.1, 0.15) is 23.7 Å². The van der Waals surface area contributed by atoms with Crippen LogP contribution in [0, 0.1) is 0 Å². The summed E-state index contributed by atoms with van der Waals surface area (Å²) < 4.78 is 6.56. The number of aliphatic hydroxyl groups is 1. The molecule has 1 fully saturated rings. The number of thiophene rings is 1. The molecule has 2 aromatic heterocycles. The van der Waals surface area contributed by atoms with Crippen LogP contribution in [0.4, 0.5) is 5.13 Å². The number of hydrogen-bond donors (Lipinski definition) is 1. The number of amides is 1. The Balaban J connectivity index is 1.51. The second kappa shape index (κ2) is 7.94. The zero-order valence-corrected chi connectivity index (χ0v) is 20.2. The van der Waals surface area contributed by atoms with Gasteiger partial charge in [0, 0.05) is 21.9 Å². The number of hydrogen-bond acceptors (Lipinski definition) is 7. The van der Waals surface area contributed by atoms with Gasteiger partial charge >= 0.3 is 5.91 Å². The third-order valence-electron chi connectivity index (χ3n) is 5.97. The van der Waals surface area contributed by atoms with Crippen molar-refractivity contribution >= 4 is 67.1 Å². The van der Waals surface area contributed by atoms with Crippen molar-refractivity contribution in [2.75, 3.05) is 4.90 Å². The Morgan fingerprint density at radius 3 is 2.85 bits per heavy atom. The van der Waals surface area contributed by atoms with Gasteiger partial charge in [-0.1, -0.05) is 29.0 Å². The van der Waals surface area contributed by atoms with Gasteiger partial charge in [0.05, 0.1) is 15.8 Å². The Labute approximate surface area is 207 Å². The molecule has 2 aliphatic heterocycles. The van der Waals surface area contributed by atoms with E-state index in [1.165, 1.54) is 27.6 Å². The molecule has 0 spiro atoms. The maximum Gasteiger partial charge on any atom is 0.301 e. The number of anilines is 1. The van der Waals surface area contributed by atoms with Crippen molar-refractivity contribution in [3.05, 3.63) is 80.5 Å². The minimum atomic E-state index is -0.778. The van der Waals surface area contributed by atoms with Gasteiger partial charge in [-0.3, -0.25) is 14.5 Å². The highest BCUT2D eigenvalue weighted by Crippen LogP contribution is 2.46. The fourth-order valence-electron chi connectivity index (χ4n) is 4.46. The Kier molecular flexibility index (Phi) is 4.98. The molecule has 6 rings (SSSR count). The standard InChI is InChI=1S/C25H17ClN2O4S2/c1-12-9-14-10-13(4-7-17(14)32-12)22(29)20-21(18-3-2-8-33-18)28(24(31)23(20)30)25-27-16-6-5-15(26)11-19(16)34-25/h2-8,10-12,21,29H,9H2,1H3/t12-,21+/m1/s1. The van der Waals surface area contributed by atoms with Crippen LogP contribution in [0.5, 0.6) is 5.75 Å². The molecular formula is C25H17ClN2O4S2. The van der Waals surface area contributed by atoms with E-state index in [-0.39, 0.29) is 17.4 Å². The smallest absolute Gasteiger partial charge is 0.301 e. The molecule has 1 N–H and O–H groups in total. The first kappa shape index (κ1) is 21.3. The van der Waals surface area contributed by atoms with Crippen LogP contribution in [-0.2, 0) is 16.0 Å². The third-order valence-corrected chi connectivity index (χ3v) is 8.15. The Hall–Kier alpha value is -3.20. The predicted octanol–water partition coefficient (Wildman–Crippen LogP) is 5.96. The normalized spacial score (nSPS) is 21.3. The summed E-state index contributed by atoms with van der Waals surface area (Å²) in [6.07, 6.45) is 0.768. The molecular weight excluding hydrogens is 492 g/mol. The second-order valence-electron chi connectivity index (χ2n) is 8.25. The van der Waals surface area contributed by atoms with E-state index in [2.05, 4.69) is 4.98 Å². The number of ketones is 1. The average Bonchev–Trinajstić information content (AvgIpc) is 3.58. The van der Waals surface area contributed by atoms with Crippen LogP contribution in [0.3, 0.4) is 0 Å². The Morgan fingerprint density at radius 2 is 2.06 bits per heavy atom. The molecule has 2 atom stereocenters. The maximum atomic E-state index is 13.3. The lowest BCUT2D eigenvalue weighted by Gasteiger charge is -2.21. The first-order valence-corrected chi connectivity index (χ1v) is 12.7. The van der Waals surface area contributed by atoms with E-state index in [4.69, 9.17) is 16.3 Å². The largest absolute Gasteiger partial charge is 0.507 e. The number of ether oxygens (including phenoxy) is 1. The van der Waals surface area contributed by atoms with E-state index in [1.807, 2.05) is 30.5 Å². The number of carbonyl (C=O) groups is 2. The van der Waals surface area contributed by atoms with Gasteiger partial charge in [-0.2, -0.15) is 0 Å². The highest BCUT2D eigenvalue weighted by molar-refractivity contribution is 7.22. The third kappa shape index (κ3) is 3.33. The van der Waals surface area contributed by atoms with E-state index >= 15 is 0 Å². The van der Waals surface area contributed by atoms with Crippen molar-refractivity contribution < 1.29 is 19.4 Å². The van der Waals surface area contributed by atoms with Crippen LogP contribution in [0.1, 0.15) is 29.0 Å². The fraction of sp³-hybridized carbons (Fsp3) is 0.160. The van der Waals surface area contributed by atoms with Crippen molar-refractivity contribution in [3.63, 3.8) is 0 Å². The monoisotopic (exact) mass is 508 g/mol. The summed E-state index contributed by atoms with van der Waals surface area (Å²) in [6.45, 7) is 1.98. The van der Waals surface area contributed by atoms with Crippen LogP contribution in [0.15, 0.2) is 59.5 Å². The molecule has 0 unspecified atom stereocenters. The number of rotatable bonds is 3. The lowest BCUT2D eigenvalue weighted by molar-refractivity contribution is -0.132. The SMILES string of the molecule is C[C@@H]1Cc2cc(C(O)=C3C(=O)C(=O)N(c4nc5ccc(Cl)cc5s4)[C@H]3c3cccs3)ccc2O1. The summed E-state index contributed by atoms with van der Waals surface area (Å²) >= 11 is 8.82. The molecule has 0 aliphatic carbocycles. The van der Waals surface area contributed by atoms with Crippen molar-refractivity contribution in [2.24, 2.45) is 0 Å². The van der Waals surface area contributed by atoms with Gasteiger partial charge in [0.15, 0.2) is 5.13 Å². The zero-order chi connectivity index (χ0) is 23.6. The fourth-order valence-corrected chi connectivity index (χ4v) is 6.55.